The van der Waals surface area contributed by atoms with Crippen LogP contribution in [0.25, 0.3) is 0 Å². The Morgan fingerprint density at radius 3 is 2.94 bits per heavy atom. The van der Waals surface area contributed by atoms with Gasteiger partial charge in [0.15, 0.2) is 0 Å². The highest BCUT2D eigenvalue weighted by molar-refractivity contribution is 9.10. The van der Waals surface area contributed by atoms with Crippen molar-refractivity contribution in [1.29, 1.82) is 0 Å². The first-order chi connectivity index (χ1) is 8.11. The first kappa shape index (κ1) is 12.7. The molecule has 0 spiro atoms. The van der Waals surface area contributed by atoms with E-state index in [9.17, 15) is 4.79 Å². The highest BCUT2D eigenvalue weighted by Gasteiger charge is 2.32. The summed E-state index contributed by atoms with van der Waals surface area (Å²) in [6, 6.07) is 1.89. The zero-order valence-electron chi connectivity index (χ0n) is 10.4. The predicted octanol–water partition coefficient (Wildman–Crippen LogP) is 3.05. The van der Waals surface area contributed by atoms with E-state index in [-0.39, 0.29) is 5.91 Å². The number of carbonyl (C=O) groups excluding carboxylic acids is 1. The summed E-state index contributed by atoms with van der Waals surface area (Å²) in [4.78, 5) is 12.0. The third-order valence-corrected chi connectivity index (χ3v) is 3.79. The van der Waals surface area contributed by atoms with Gasteiger partial charge in [0, 0.05) is 23.8 Å². The number of nitrogens with one attached hydrogen (secondary N) is 1. The normalized spacial score (nSPS) is 22.5. The number of aromatic nitrogens is 1. The van der Waals surface area contributed by atoms with E-state index in [1.165, 1.54) is 6.42 Å². The fourth-order valence-corrected chi connectivity index (χ4v) is 2.55. The highest BCUT2D eigenvalue weighted by atomic mass is 79.9. The van der Waals surface area contributed by atoms with Crippen molar-refractivity contribution in [2.24, 2.45) is 11.8 Å². The SMILES string of the molecule is CCCn1cc(Br)cc1C(=O)NCC1CC1C. The second-order valence-electron chi connectivity index (χ2n) is 4.92. The molecule has 1 aromatic rings. The van der Waals surface area contributed by atoms with Crippen molar-refractivity contribution in [3.63, 3.8) is 0 Å². The van der Waals surface area contributed by atoms with E-state index in [4.69, 9.17) is 0 Å². The van der Waals surface area contributed by atoms with Crippen molar-refractivity contribution in [3.8, 4) is 0 Å². The Labute approximate surface area is 111 Å². The lowest BCUT2D eigenvalue weighted by molar-refractivity contribution is 0.0942. The van der Waals surface area contributed by atoms with Crippen LogP contribution in [0.1, 0.15) is 37.2 Å². The van der Waals surface area contributed by atoms with Gasteiger partial charge in [-0.15, -0.1) is 0 Å². The molecule has 0 aromatic carbocycles. The lowest BCUT2D eigenvalue weighted by Crippen LogP contribution is -2.28. The van der Waals surface area contributed by atoms with E-state index in [1.54, 1.807) is 0 Å². The van der Waals surface area contributed by atoms with Gasteiger partial charge in [-0.3, -0.25) is 4.79 Å². The summed E-state index contributed by atoms with van der Waals surface area (Å²) in [5, 5.41) is 3.02. The minimum Gasteiger partial charge on any atom is -0.350 e. The van der Waals surface area contributed by atoms with Crippen molar-refractivity contribution >= 4 is 21.8 Å². The van der Waals surface area contributed by atoms with E-state index in [1.807, 2.05) is 16.8 Å². The molecule has 94 valence electrons. The fourth-order valence-electron chi connectivity index (χ4n) is 2.09. The van der Waals surface area contributed by atoms with Crippen LogP contribution in [0.15, 0.2) is 16.7 Å². The Kier molecular flexibility index (Phi) is 3.92. The molecular formula is C13H19BrN2O. The standard InChI is InChI=1S/C13H19BrN2O/c1-3-4-16-8-11(14)6-12(16)13(17)15-7-10-5-9(10)2/h6,8-10H,3-5,7H2,1-2H3,(H,15,17). The first-order valence-corrected chi connectivity index (χ1v) is 7.05. The maximum Gasteiger partial charge on any atom is 0.267 e. The van der Waals surface area contributed by atoms with Gasteiger partial charge in [-0.05, 0) is 46.7 Å². The van der Waals surface area contributed by atoms with E-state index >= 15 is 0 Å². The zero-order valence-corrected chi connectivity index (χ0v) is 12.0. The monoisotopic (exact) mass is 298 g/mol. The number of halogens is 1. The molecule has 1 fully saturated rings. The van der Waals surface area contributed by atoms with Gasteiger partial charge in [-0.25, -0.2) is 0 Å². The molecule has 2 unspecified atom stereocenters. The largest absolute Gasteiger partial charge is 0.350 e. The molecule has 17 heavy (non-hydrogen) atoms. The number of amides is 1. The van der Waals surface area contributed by atoms with Gasteiger partial charge >= 0.3 is 0 Å². The van der Waals surface area contributed by atoms with Crippen LogP contribution < -0.4 is 5.32 Å². The third-order valence-electron chi connectivity index (χ3n) is 3.36. The summed E-state index contributed by atoms with van der Waals surface area (Å²) < 4.78 is 2.98. The van der Waals surface area contributed by atoms with Crippen molar-refractivity contribution in [3.05, 3.63) is 22.4 Å². The van der Waals surface area contributed by atoms with E-state index in [0.717, 1.165) is 35.6 Å². The minimum atomic E-state index is 0.0447. The highest BCUT2D eigenvalue weighted by Crippen LogP contribution is 2.36. The number of hydrogen-bond acceptors (Lipinski definition) is 1. The maximum absolute atomic E-state index is 12.0. The fraction of sp³-hybridized carbons (Fsp3) is 0.615. The van der Waals surface area contributed by atoms with Crippen LogP contribution in [-0.4, -0.2) is 17.0 Å². The minimum absolute atomic E-state index is 0.0447. The summed E-state index contributed by atoms with van der Waals surface area (Å²) in [6.45, 7) is 6.04. The van der Waals surface area contributed by atoms with Gasteiger partial charge in [-0.1, -0.05) is 13.8 Å². The van der Waals surface area contributed by atoms with Crippen LogP contribution in [0.3, 0.4) is 0 Å². The van der Waals surface area contributed by atoms with Crippen LogP contribution in [0.4, 0.5) is 0 Å². The van der Waals surface area contributed by atoms with E-state index < -0.39 is 0 Å². The molecule has 1 saturated carbocycles. The molecular weight excluding hydrogens is 280 g/mol. The number of hydrogen-bond donors (Lipinski definition) is 1. The maximum atomic E-state index is 12.0. The lowest BCUT2D eigenvalue weighted by atomic mass is 10.3. The molecule has 3 nitrogen and oxygen atoms in total. The van der Waals surface area contributed by atoms with Crippen molar-refractivity contribution in [2.75, 3.05) is 6.54 Å². The number of nitrogens with zero attached hydrogens (tertiary/aromatic N) is 1. The Balaban J connectivity index is 1.97. The number of carbonyl (C=O) groups is 1. The van der Waals surface area contributed by atoms with Crippen LogP contribution in [0.5, 0.6) is 0 Å². The van der Waals surface area contributed by atoms with Crippen LogP contribution in [-0.2, 0) is 6.54 Å². The molecule has 0 aliphatic heterocycles. The molecule has 2 rings (SSSR count). The topological polar surface area (TPSA) is 34.0 Å². The Morgan fingerprint density at radius 2 is 2.35 bits per heavy atom. The average molecular weight is 299 g/mol. The molecule has 1 aliphatic carbocycles. The Bertz CT molecular complexity index is 414. The zero-order chi connectivity index (χ0) is 12.4. The Morgan fingerprint density at radius 1 is 1.65 bits per heavy atom. The van der Waals surface area contributed by atoms with Crippen LogP contribution >= 0.6 is 15.9 Å². The molecule has 1 heterocycles. The van der Waals surface area contributed by atoms with E-state index in [2.05, 4.69) is 35.1 Å². The van der Waals surface area contributed by atoms with E-state index in [0.29, 0.717) is 5.92 Å². The average Bonchev–Trinajstić information content (AvgIpc) is 2.86. The molecule has 0 bridgehead atoms. The molecule has 0 saturated heterocycles. The number of rotatable bonds is 5. The van der Waals surface area contributed by atoms with Gasteiger partial charge in [0.05, 0.1) is 0 Å². The lowest BCUT2D eigenvalue weighted by Gasteiger charge is -2.08. The second-order valence-corrected chi connectivity index (χ2v) is 5.84. The van der Waals surface area contributed by atoms with Crippen molar-refractivity contribution in [2.45, 2.75) is 33.2 Å². The molecule has 4 heteroatoms. The van der Waals surface area contributed by atoms with Crippen molar-refractivity contribution < 1.29 is 4.79 Å². The molecule has 0 radical (unpaired) electrons. The molecule has 1 aromatic heterocycles. The predicted molar refractivity (Wildman–Crippen MR) is 72.0 cm³/mol. The van der Waals surface area contributed by atoms with Gasteiger partial charge in [0.1, 0.15) is 5.69 Å². The van der Waals surface area contributed by atoms with Crippen molar-refractivity contribution in [1.82, 2.24) is 9.88 Å². The summed E-state index contributed by atoms with van der Waals surface area (Å²) in [5.74, 6) is 1.52. The first-order valence-electron chi connectivity index (χ1n) is 6.25. The second kappa shape index (κ2) is 5.25. The van der Waals surface area contributed by atoms with Gasteiger partial charge in [0.2, 0.25) is 0 Å². The van der Waals surface area contributed by atoms with Gasteiger partial charge in [-0.2, -0.15) is 0 Å². The summed E-state index contributed by atoms with van der Waals surface area (Å²) in [6.07, 6.45) is 4.25. The Hall–Kier alpha value is -0.770. The van der Waals surface area contributed by atoms with Crippen LogP contribution in [0.2, 0.25) is 0 Å². The molecule has 1 N–H and O–H groups in total. The molecule has 2 atom stereocenters. The molecule has 1 amide bonds. The molecule has 1 aliphatic rings. The quantitative estimate of drug-likeness (QED) is 0.891. The van der Waals surface area contributed by atoms with Gasteiger partial charge < -0.3 is 9.88 Å². The summed E-state index contributed by atoms with van der Waals surface area (Å²) >= 11 is 3.42. The number of aryl methyl sites for hydroxylation is 1. The van der Waals surface area contributed by atoms with Gasteiger partial charge in [0.25, 0.3) is 5.91 Å². The summed E-state index contributed by atoms with van der Waals surface area (Å²) in [5.41, 5.74) is 0.757. The summed E-state index contributed by atoms with van der Waals surface area (Å²) in [7, 11) is 0. The third kappa shape index (κ3) is 3.12. The van der Waals surface area contributed by atoms with Crippen LogP contribution in [0, 0.1) is 11.8 Å². The smallest absolute Gasteiger partial charge is 0.267 e.